The lowest BCUT2D eigenvalue weighted by molar-refractivity contribution is 1.20. The third kappa shape index (κ3) is 1.38. The summed E-state index contributed by atoms with van der Waals surface area (Å²) in [5.74, 6) is 0. The smallest absolute Gasteiger partial charge is 0.304 e. The van der Waals surface area contributed by atoms with Gasteiger partial charge in [0.15, 0.2) is 5.65 Å². The minimum atomic E-state index is -0.282. The number of nitrogens with one attached hydrogen (secondary N) is 2. The van der Waals surface area contributed by atoms with E-state index in [1.165, 1.54) is 0 Å². The zero-order valence-electron chi connectivity index (χ0n) is 7.84. The average molecular weight is 254 g/mol. The SMILES string of the molecule is O=c1[nH]c2cc3cc(Cl)c(Cl)cc3nc2[nH]1. The second-order valence-corrected chi connectivity index (χ2v) is 4.24. The summed E-state index contributed by atoms with van der Waals surface area (Å²) < 4.78 is 0. The highest BCUT2D eigenvalue weighted by Crippen LogP contribution is 2.27. The van der Waals surface area contributed by atoms with Gasteiger partial charge in [0.1, 0.15) is 0 Å². The predicted octanol–water partition coefficient (Wildman–Crippen LogP) is 2.71. The van der Waals surface area contributed by atoms with E-state index in [1.54, 1.807) is 18.2 Å². The van der Waals surface area contributed by atoms with Crippen LogP contribution in [-0.4, -0.2) is 15.0 Å². The number of aromatic amines is 2. The van der Waals surface area contributed by atoms with E-state index in [-0.39, 0.29) is 5.69 Å². The van der Waals surface area contributed by atoms with Gasteiger partial charge in [-0.25, -0.2) is 9.78 Å². The lowest BCUT2D eigenvalue weighted by Crippen LogP contribution is -1.99. The number of aromatic nitrogens is 3. The van der Waals surface area contributed by atoms with Crippen LogP contribution in [0.25, 0.3) is 22.1 Å². The maximum absolute atomic E-state index is 11.1. The fraction of sp³-hybridized carbons (Fsp3) is 0. The largest absolute Gasteiger partial charge is 0.325 e. The summed E-state index contributed by atoms with van der Waals surface area (Å²) in [5, 5.41) is 1.74. The summed E-state index contributed by atoms with van der Waals surface area (Å²) in [6.45, 7) is 0. The fourth-order valence-corrected chi connectivity index (χ4v) is 1.95. The Balaban J connectivity index is 2.50. The molecular formula is C10H5Cl2N3O. The minimum Gasteiger partial charge on any atom is -0.304 e. The Morgan fingerprint density at radius 1 is 1.06 bits per heavy atom. The molecular weight excluding hydrogens is 249 g/mol. The zero-order valence-corrected chi connectivity index (χ0v) is 9.36. The molecule has 80 valence electrons. The fourth-order valence-electron chi connectivity index (χ4n) is 1.62. The van der Waals surface area contributed by atoms with Crippen molar-refractivity contribution in [2.45, 2.75) is 0 Å². The first kappa shape index (κ1) is 9.69. The van der Waals surface area contributed by atoms with E-state index in [9.17, 15) is 4.79 Å². The van der Waals surface area contributed by atoms with E-state index in [4.69, 9.17) is 23.2 Å². The maximum Gasteiger partial charge on any atom is 0.325 e. The van der Waals surface area contributed by atoms with Gasteiger partial charge < -0.3 is 4.98 Å². The number of nitrogens with zero attached hydrogens (tertiary/aromatic N) is 1. The van der Waals surface area contributed by atoms with Gasteiger partial charge in [-0.1, -0.05) is 23.2 Å². The highest BCUT2D eigenvalue weighted by Gasteiger charge is 2.05. The number of benzene rings is 1. The number of imidazole rings is 1. The summed E-state index contributed by atoms with van der Waals surface area (Å²) in [6, 6.07) is 5.19. The van der Waals surface area contributed by atoms with Crippen molar-refractivity contribution < 1.29 is 0 Å². The van der Waals surface area contributed by atoms with E-state index in [0.29, 0.717) is 26.7 Å². The number of pyridine rings is 1. The molecule has 3 rings (SSSR count). The summed E-state index contributed by atoms with van der Waals surface area (Å²) in [6.07, 6.45) is 0. The monoisotopic (exact) mass is 253 g/mol. The number of H-pyrrole nitrogens is 2. The zero-order chi connectivity index (χ0) is 11.3. The quantitative estimate of drug-likeness (QED) is 0.647. The molecule has 3 aromatic rings. The van der Waals surface area contributed by atoms with Crippen LogP contribution in [0.3, 0.4) is 0 Å². The highest BCUT2D eigenvalue weighted by atomic mass is 35.5. The molecule has 0 bridgehead atoms. The number of hydrogen-bond donors (Lipinski definition) is 2. The van der Waals surface area contributed by atoms with Gasteiger partial charge in [-0.15, -0.1) is 0 Å². The van der Waals surface area contributed by atoms with Gasteiger partial charge in [-0.2, -0.15) is 0 Å². The molecule has 0 saturated carbocycles. The Hall–Kier alpha value is -1.52. The van der Waals surface area contributed by atoms with Crippen molar-refractivity contribution in [1.29, 1.82) is 0 Å². The second kappa shape index (κ2) is 3.23. The van der Waals surface area contributed by atoms with Crippen LogP contribution in [0, 0.1) is 0 Å². The molecule has 0 unspecified atom stereocenters. The summed E-state index contributed by atoms with van der Waals surface area (Å²) in [5.41, 5.74) is 1.57. The van der Waals surface area contributed by atoms with Gasteiger partial charge in [0.25, 0.3) is 0 Å². The highest BCUT2D eigenvalue weighted by molar-refractivity contribution is 6.42. The molecule has 0 atom stereocenters. The Bertz CT molecular complexity index is 698. The van der Waals surface area contributed by atoms with Gasteiger partial charge in [0.2, 0.25) is 0 Å². The van der Waals surface area contributed by atoms with Crippen molar-refractivity contribution in [1.82, 2.24) is 15.0 Å². The first-order chi connectivity index (χ1) is 7.63. The molecule has 0 radical (unpaired) electrons. The minimum absolute atomic E-state index is 0.282. The van der Waals surface area contributed by atoms with Crippen LogP contribution < -0.4 is 5.69 Å². The third-order valence-corrected chi connectivity index (χ3v) is 3.06. The molecule has 0 fully saturated rings. The van der Waals surface area contributed by atoms with Crippen LogP contribution >= 0.6 is 23.2 Å². The van der Waals surface area contributed by atoms with E-state index in [2.05, 4.69) is 15.0 Å². The van der Waals surface area contributed by atoms with Crippen LogP contribution in [-0.2, 0) is 0 Å². The second-order valence-electron chi connectivity index (χ2n) is 3.42. The molecule has 2 N–H and O–H groups in total. The van der Waals surface area contributed by atoms with Gasteiger partial charge in [0.05, 0.1) is 21.1 Å². The average Bonchev–Trinajstić information content (AvgIpc) is 2.56. The predicted molar refractivity (Wildman–Crippen MR) is 64.2 cm³/mol. The lowest BCUT2D eigenvalue weighted by Gasteiger charge is -2.00. The first-order valence-electron chi connectivity index (χ1n) is 4.51. The number of rotatable bonds is 0. The van der Waals surface area contributed by atoms with Crippen LogP contribution in [0.15, 0.2) is 23.0 Å². The van der Waals surface area contributed by atoms with E-state index in [1.807, 2.05) is 0 Å². The lowest BCUT2D eigenvalue weighted by atomic mass is 10.2. The van der Waals surface area contributed by atoms with Crippen LogP contribution in [0.1, 0.15) is 0 Å². The Morgan fingerprint density at radius 3 is 2.62 bits per heavy atom. The van der Waals surface area contributed by atoms with Crippen molar-refractivity contribution in [2.75, 3.05) is 0 Å². The van der Waals surface area contributed by atoms with E-state index in [0.717, 1.165) is 5.39 Å². The molecule has 6 heteroatoms. The number of hydrogen-bond acceptors (Lipinski definition) is 2. The van der Waals surface area contributed by atoms with Crippen molar-refractivity contribution in [2.24, 2.45) is 0 Å². The molecule has 16 heavy (non-hydrogen) atoms. The molecule has 0 saturated heterocycles. The molecule has 1 aromatic carbocycles. The van der Waals surface area contributed by atoms with Crippen LogP contribution in [0.4, 0.5) is 0 Å². The van der Waals surface area contributed by atoms with E-state index < -0.39 is 0 Å². The van der Waals surface area contributed by atoms with Gasteiger partial charge in [0, 0.05) is 5.39 Å². The van der Waals surface area contributed by atoms with Crippen molar-refractivity contribution in [3.05, 3.63) is 38.7 Å². The summed E-state index contributed by atoms with van der Waals surface area (Å²) in [7, 11) is 0. The van der Waals surface area contributed by atoms with Crippen molar-refractivity contribution in [3.8, 4) is 0 Å². The molecule has 2 aromatic heterocycles. The third-order valence-electron chi connectivity index (χ3n) is 2.34. The molecule has 0 spiro atoms. The topological polar surface area (TPSA) is 61.5 Å². The normalized spacial score (nSPS) is 11.4. The summed E-state index contributed by atoms with van der Waals surface area (Å²) >= 11 is 11.8. The van der Waals surface area contributed by atoms with Gasteiger partial charge >= 0.3 is 5.69 Å². The van der Waals surface area contributed by atoms with Gasteiger partial charge in [-0.05, 0) is 18.2 Å². The summed E-state index contributed by atoms with van der Waals surface area (Å²) in [4.78, 5) is 20.6. The number of fused-ring (bicyclic) bond motifs is 2. The standard InChI is InChI=1S/C10H5Cl2N3O/c11-5-1-4-2-8-9(15-10(16)14-8)13-7(4)3-6(5)12/h1-3H,(H2,13,14,15,16). The molecule has 4 nitrogen and oxygen atoms in total. The molecule has 0 aliphatic rings. The molecule has 0 aliphatic carbocycles. The molecule has 2 heterocycles. The Kier molecular flexibility index (Phi) is 1.96. The van der Waals surface area contributed by atoms with Crippen LogP contribution in [0.2, 0.25) is 10.0 Å². The van der Waals surface area contributed by atoms with Crippen LogP contribution in [0.5, 0.6) is 0 Å². The molecule has 0 amide bonds. The molecule has 0 aliphatic heterocycles. The number of halogens is 2. The van der Waals surface area contributed by atoms with E-state index >= 15 is 0 Å². The Labute approximate surface area is 99.2 Å². The Morgan fingerprint density at radius 2 is 1.81 bits per heavy atom. The first-order valence-corrected chi connectivity index (χ1v) is 5.27. The maximum atomic E-state index is 11.1. The van der Waals surface area contributed by atoms with Gasteiger partial charge in [-0.3, -0.25) is 4.98 Å². The van der Waals surface area contributed by atoms with Crippen molar-refractivity contribution in [3.63, 3.8) is 0 Å². The van der Waals surface area contributed by atoms with Crippen molar-refractivity contribution >= 4 is 45.3 Å².